The monoisotopic (exact) mass is 294 g/mol. The molecule has 1 atom stereocenters. The van der Waals surface area contributed by atoms with Crippen LogP contribution in [0.1, 0.15) is 12.8 Å². The smallest absolute Gasteiger partial charge is 0.225 e. The maximum absolute atomic E-state index is 12.9. The van der Waals surface area contributed by atoms with Gasteiger partial charge in [-0.25, -0.2) is 4.39 Å². The Morgan fingerprint density at radius 2 is 2.19 bits per heavy atom. The number of rotatable bonds is 5. The molecule has 7 heteroatoms. The number of halogens is 1. The molecule has 1 aliphatic heterocycles. The van der Waals surface area contributed by atoms with Crippen molar-refractivity contribution in [2.75, 3.05) is 30.7 Å². The van der Waals surface area contributed by atoms with Crippen molar-refractivity contribution in [3.63, 3.8) is 0 Å². The molecule has 1 saturated heterocycles. The van der Waals surface area contributed by atoms with Crippen molar-refractivity contribution in [1.29, 1.82) is 0 Å². The van der Waals surface area contributed by atoms with Gasteiger partial charge in [-0.05, 0) is 31.2 Å². The summed E-state index contributed by atoms with van der Waals surface area (Å²) in [6.45, 7) is 1.91. The van der Waals surface area contributed by atoms with Crippen molar-refractivity contribution in [3.8, 4) is 0 Å². The Morgan fingerprint density at radius 3 is 2.81 bits per heavy atom. The lowest BCUT2D eigenvalue weighted by Crippen LogP contribution is -2.29. The van der Waals surface area contributed by atoms with E-state index in [4.69, 9.17) is 11.5 Å². The fraction of sp³-hybridized carbons (Fsp3) is 0.429. The Labute approximate surface area is 122 Å². The summed E-state index contributed by atoms with van der Waals surface area (Å²) in [5.74, 6) is -1.06. The van der Waals surface area contributed by atoms with Crippen molar-refractivity contribution in [2.45, 2.75) is 12.8 Å². The lowest BCUT2D eigenvalue weighted by Gasteiger charge is -2.15. The van der Waals surface area contributed by atoms with Gasteiger partial charge in [0.2, 0.25) is 11.8 Å². The Morgan fingerprint density at radius 1 is 1.43 bits per heavy atom. The minimum Gasteiger partial charge on any atom is -0.397 e. The van der Waals surface area contributed by atoms with Gasteiger partial charge in [-0.2, -0.15) is 0 Å². The zero-order chi connectivity index (χ0) is 15.4. The summed E-state index contributed by atoms with van der Waals surface area (Å²) in [6, 6.07) is 3.83. The van der Waals surface area contributed by atoms with Crippen molar-refractivity contribution in [3.05, 3.63) is 24.0 Å². The number of nitrogen functional groups attached to an aromatic ring is 1. The van der Waals surface area contributed by atoms with Gasteiger partial charge in [0.25, 0.3) is 0 Å². The van der Waals surface area contributed by atoms with Crippen LogP contribution < -0.4 is 16.8 Å². The topological polar surface area (TPSA) is 101 Å². The van der Waals surface area contributed by atoms with Gasteiger partial charge >= 0.3 is 0 Å². The second-order valence-corrected chi connectivity index (χ2v) is 5.22. The Kier molecular flexibility index (Phi) is 4.74. The molecule has 0 bridgehead atoms. The lowest BCUT2D eigenvalue weighted by atomic mass is 10.1. The summed E-state index contributed by atoms with van der Waals surface area (Å²) in [5, 5.41) is 2.65. The first-order chi connectivity index (χ1) is 9.95. The van der Waals surface area contributed by atoms with Crippen molar-refractivity contribution in [1.82, 2.24) is 4.90 Å². The Balaban J connectivity index is 1.79. The quantitative estimate of drug-likeness (QED) is 0.690. The molecule has 1 heterocycles. The van der Waals surface area contributed by atoms with E-state index >= 15 is 0 Å². The van der Waals surface area contributed by atoms with E-state index in [0.717, 1.165) is 19.0 Å². The van der Waals surface area contributed by atoms with Gasteiger partial charge in [0, 0.05) is 19.5 Å². The number of hydrogen-bond donors (Lipinski definition) is 3. The summed E-state index contributed by atoms with van der Waals surface area (Å²) < 4.78 is 12.9. The first kappa shape index (κ1) is 15.2. The first-order valence-electron chi connectivity index (χ1n) is 6.82. The minimum absolute atomic E-state index is 0.124. The average Bonchev–Trinajstić information content (AvgIpc) is 2.89. The second-order valence-electron chi connectivity index (χ2n) is 5.22. The van der Waals surface area contributed by atoms with Gasteiger partial charge in [0.15, 0.2) is 0 Å². The molecule has 0 radical (unpaired) electrons. The van der Waals surface area contributed by atoms with E-state index in [1.165, 1.54) is 12.1 Å². The number of amides is 2. The predicted molar refractivity (Wildman–Crippen MR) is 77.8 cm³/mol. The van der Waals surface area contributed by atoms with Crippen molar-refractivity contribution >= 4 is 23.2 Å². The van der Waals surface area contributed by atoms with Crippen LogP contribution in [-0.4, -0.2) is 36.3 Å². The molecule has 1 unspecified atom stereocenters. The van der Waals surface area contributed by atoms with E-state index in [2.05, 4.69) is 5.32 Å². The number of carbonyl (C=O) groups is 2. The van der Waals surface area contributed by atoms with E-state index in [0.29, 0.717) is 18.8 Å². The zero-order valence-corrected chi connectivity index (χ0v) is 11.6. The van der Waals surface area contributed by atoms with Crippen molar-refractivity contribution in [2.24, 2.45) is 11.7 Å². The average molecular weight is 294 g/mol. The Bertz CT molecular complexity index is 550. The normalized spacial score (nSPS) is 18.6. The van der Waals surface area contributed by atoms with Gasteiger partial charge in [0.05, 0.1) is 17.3 Å². The van der Waals surface area contributed by atoms with Crippen LogP contribution in [0.3, 0.4) is 0 Å². The number of nitrogens with two attached hydrogens (primary N) is 2. The summed E-state index contributed by atoms with van der Waals surface area (Å²) in [5.41, 5.74) is 11.5. The lowest BCUT2D eigenvalue weighted by molar-refractivity contribution is -0.121. The fourth-order valence-corrected chi connectivity index (χ4v) is 2.39. The number of anilines is 2. The number of hydrogen-bond acceptors (Lipinski definition) is 4. The molecule has 1 aromatic rings. The van der Waals surface area contributed by atoms with E-state index in [1.54, 1.807) is 0 Å². The molecule has 0 aliphatic carbocycles. The zero-order valence-electron chi connectivity index (χ0n) is 11.6. The van der Waals surface area contributed by atoms with E-state index in [1.807, 2.05) is 4.90 Å². The number of likely N-dealkylation sites (tertiary alicyclic amines) is 1. The number of primary amides is 1. The summed E-state index contributed by atoms with van der Waals surface area (Å²) in [7, 11) is 0. The molecule has 5 N–H and O–H groups in total. The SMILES string of the molecule is NC(=O)C1CCN(CCC(=O)Nc2ccc(F)cc2N)C1. The summed E-state index contributed by atoms with van der Waals surface area (Å²) in [6.07, 6.45) is 1.02. The third-order valence-electron chi connectivity index (χ3n) is 3.62. The molecule has 1 fully saturated rings. The van der Waals surface area contributed by atoms with E-state index < -0.39 is 5.82 Å². The number of nitrogens with one attached hydrogen (secondary N) is 1. The second kappa shape index (κ2) is 6.53. The third-order valence-corrected chi connectivity index (χ3v) is 3.62. The summed E-state index contributed by atoms with van der Waals surface area (Å²) >= 11 is 0. The van der Waals surface area contributed by atoms with Crippen LogP contribution in [-0.2, 0) is 9.59 Å². The van der Waals surface area contributed by atoms with Crippen LogP contribution in [0.15, 0.2) is 18.2 Å². The first-order valence-corrected chi connectivity index (χ1v) is 6.82. The molecule has 114 valence electrons. The van der Waals surface area contributed by atoms with Gasteiger partial charge in [-0.15, -0.1) is 0 Å². The number of benzene rings is 1. The molecule has 2 rings (SSSR count). The highest BCUT2D eigenvalue weighted by molar-refractivity contribution is 5.93. The fourth-order valence-electron chi connectivity index (χ4n) is 2.39. The number of nitrogens with zero attached hydrogens (tertiary/aromatic N) is 1. The van der Waals surface area contributed by atoms with Crippen molar-refractivity contribution < 1.29 is 14.0 Å². The molecule has 1 aliphatic rings. The molecule has 1 aromatic carbocycles. The molecule has 0 saturated carbocycles. The van der Waals surface area contributed by atoms with Crippen LogP contribution in [0.5, 0.6) is 0 Å². The van der Waals surface area contributed by atoms with Gasteiger partial charge in [-0.1, -0.05) is 0 Å². The summed E-state index contributed by atoms with van der Waals surface area (Å²) in [4.78, 5) is 24.9. The highest BCUT2D eigenvalue weighted by Crippen LogP contribution is 2.20. The largest absolute Gasteiger partial charge is 0.397 e. The molecule has 21 heavy (non-hydrogen) atoms. The van der Waals surface area contributed by atoms with Crippen LogP contribution >= 0.6 is 0 Å². The molecule has 6 nitrogen and oxygen atoms in total. The van der Waals surface area contributed by atoms with Crippen LogP contribution in [0.2, 0.25) is 0 Å². The van der Waals surface area contributed by atoms with E-state index in [-0.39, 0.29) is 29.8 Å². The van der Waals surface area contributed by atoms with Crippen LogP contribution in [0.4, 0.5) is 15.8 Å². The standard InChI is InChI=1S/C14H19FN4O2/c15-10-1-2-12(11(16)7-10)18-13(20)4-6-19-5-3-9(8-19)14(17)21/h1-2,7,9H,3-6,8,16H2,(H2,17,21)(H,18,20). The highest BCUT2D eigenvalue weighted by atomic mass is 19.1. The Hall–Kier alpha value is -2.15. The molecular formula is C14H19FN4O2. The predicted octanol–water partition coefficient (Wildman–Crippen LogP) is 0.544. The van der Waals surface area contributed by atoms with E-state index in [9.17, 15) is 14.0 Å². The third kappa shape index (κ3) is 4.16. The van der Waals surface area contributed by atoms with Gasteiger partial charge in [0.1, 0.15) is 5.82 Å². The van der Waals surface area contributed by atoms with Gasteiger partial charge < -0.3 is 21.7 Å². The molecule has 0 aromatic heterocycles. The van der Waals surface area contributed by atoms with Crippen LogP contribution in [0, 0.1) is 11.7 Å². The van der Waals surface area contributed by atoms with Gasteiger partial charge in [-0.3, -0.25) is 9.59 Å². The van der Waals surface area contributed by atoms with Crippen LogP contribution in [0.25, 0.3) is 0 Å². The minimum atomic E-state index is -0.444. The molecule has 0 spiro atoms. The molecular weight excluding hydrogens is 275 g/mol. The number of carbonyl (C=O) groups excluding carboxylic acids is 2. The molecule has 2 amide bonds. The highest BCUT2D eigenvalue weighted by Gasteiger charge is 2.26. The maximum atomic E-state index is 12.9. The maximum Gasteiger partial charge on any atom is 0.225 e.